The molecule has 0 bridgehead atoms. The maximum atomic E-state index is 13.6. The van der Waals surface area contributed by atoms with Gasteiger partial charge in [0.05, 0.1) is 12.3 Å². The number of halogens is 2. The predicted octanol–water partition coefficient (Wildman–Crippen LogP) is 3.01. The van der Waals surface area contributed by atoms with Crippen LogP contribution in [0.2, 0.25) is 0 Å². The molecule has 3 rings (SSSR count). The Morgan fingerprint density at radius 3 is 2.79 bits per heavy atom. The maximum absolute atomic E-state index is 13.6. The lowest BCUT2D eigenvalue weighted by Gasteiger charge is -2.36. The second kappa shape index (κ2) is 6.70. The third kappa shape index (κ3) is 3.88. The summed E-state index contributed by atoms with van der Waals surface area (Å²) >= 11 is 0. The molecule has 0 radical (unpaired) electrons. The van der Waals surface area contributed by atoms with Crippen molar-refractivity contribution in [2.45, 2.75) is 51.5 Å². The summed E-state index contributed by atoms with van der Waals surface area (Å²) < 4.78 is 32.3. The summed E-state index contributed by atoms with van der Waals surface area (Å²) in [5, 5.41) is 0. The van der Waals surface area contributed by atoms with Crippen LogP contribution in [0.3, 0.4) is 0 Å². The minimum Gasteiger partial charge on any atom is -0.461 e. The lowest BCUT2D eigenvalue weighted by Crippen LogP contribution is -2.45. The zero-order chi connectivity index (χ0) is 17.3. The van der Waals surface area contributed by atoms with E-state index >= 15 is 0 Å². The van der Waals surface area contributed by atoms with Crippen molar-refractivity contribution in [3.63, 3.8) is 0 Å². The van der Waals surface area contributed by atoms with Crippen LogP contribution >= 0.6 is 0 Å². The van der Waals surface area contributed by atoms with Crippen molar-refractivity contribution < 1.29 is 18.3 Å². The summed E-state index contributed by atoms with van der Waals surface area (Å²) in [6.07, 6.45) is 1.91. The second-order valence-electron chi connectivity index (χ2n) is 6.74. The summed E-state index contributed by atoms with van der Waals surface area (Å²) in [5.41, 5.74) is 0.964. The van der Waals surface area contributed by atoms with E-state index in [9.17, 15) is 13.6 Å². The molecule has 1 aromatic heterocycles. The highest BCUT2D eigenvalue weighted by Crippen LogP contribution is 2.38. The lowest BCUT2D eigenvalue weighted by atomic mass is 9.95. The first-order valence-electron chi connectivity index (χ1n) is 8.54. The van der Waals surface area contributed by atoms with Crippen molar-refractivity contribution in [3.8, 4) is 0 Å². The molecular formula is C17H23F2N3O2. The van der Waals surface area contributed by atoms with Crippen LogP contribution in [0.15, 0.2) is 6.07 Å². The number of esters is 1. The molecule has 132 valence electrons. The molecule has 1 saturated heterocycles. The van der Waals surface area contributed by atoms with Crippen LogP contribution in [0.25, 0.3) is 0 Å². The average molecular weight is 339 g/mol. The number of hydrogen-bond acceptors (Lipinski definition) is 5. The lowest BCUT2D eigenvalue weighted by molar-refractivity contribution is -0.100. The van der Waals surface area contributed by atoms with Gasteiger partial charge in [0, 0.05) is 37.9 Å². The predicted molar refractivity (Wildman–Crippen MR) is 84.0 cm³/mol. The van der Waals surface area contributed by atoms with Crippen LogP contribution < -0.4 is 0 Å². The van der Waals surface area contributed by atoms with Crippen molar-refractivity contribution in [1.82, 2.24) is 14.9 Å². The van der Waals surface area contributed by atoms with E-state index in [2.05, 4.69) is 9.97 Å². The van der Waals surface area contributed by atoms with Crippen LogP contribution in [-0.4, -0.2) is 46.5 Å². The third-order valence-corrected chi connectivity index (χ3v) is 4.62. The van der Waals surface area contributed by atoms with Crippen molar-refractivity contribution in [2.24, 2.45) is 5.92 Å². The number of aromatic nitrogens is 2. The monoisotopic (exact) mass is 339 g/mol. The Bertz CT molecular complexity index is 620. The van der Waals surface area contributed by atoms with E-state index < -0.39 is 17.8 Å². The number of carbonyl (C=O) groups is 1. The van der Waals surface area contributed by atoms with E-state index in [1.807, 2.05) is 4.90 Å². The van der Waals surface area contributed by atoms with Gasteiger partial charge in [0.25, 0.3) is 5.92 Å². The van der Waals surface area contributed by atoms with Crippen molar-refractivity contribution in [1.29, 1.82) is 0 Å². The van der Waals surface area contributed by atoms with Crippen molar-refractivity contribution in [2.75, 3.05) is 19.7 Å². The minimum atomic E-state index is -2.60. The smallest absolute Gasteiger partial charge is 0.357 e. The fraction of sp³-hybridized carbons (Fsp3) is 0.706. The Morgan fingerprint density at radius 2 is 2.17 bits per heavy atom. The van der Waals surface area contributed by atoms with Gasteiger partial charge in [0.1, 0.15) is 5.82 Å². The molecule has 2 heterocycles. The normalized spacial score (nSPS) is 23.9. The first kappa shape index (κ1) is 17.2. The van der Waals surface area contributed by atoms with Crippen LogP contribution in [-0.2, 0) is 11.3 Å². The zero-order valence-electron chi connectivity index (χ0n) is 14.1. The van der Waals surface area contributed by atoms with Crippen molar-refractivity contribution >= 4 is 5.97 Å². The van der Waals surface area contributed by atoms with E-state index in [0.717, 1.165) is 12.8 Å². The van der Waals surface area contributed by atoms with Gasteiger partial charge < -0.3 is 4.74 Å². The topological polar surface area (TPSA) is 55.3 Å². The fourth-order valence-electron chi connectivity index (χ4n) is 2.97. The largest absolute Gasteiger partial charge is 0.461 e. The van der Waals surface area contributed by atoms with Gasteiger partial charge in [-0.25, -0.2) is 23.5 Å². The average Bonchev–Trinajstić information content (AvgIpc) is 3.36. The van der Waals surface area contributed by atoms with Gasteiger partial charge in [-0.1, -0.05) is 6.92 Å². The summed E-state index contributed by atoms with van der Waals surface area (Å²) in [7, 11) is 0. The summed E-state index contributed by atoms with van der Waals surface area (Å²) in [5.74, 6) is -2.76. The summed E-state index contributed by atoms with van der Waals surface area (Å²) in [4.78, 5) is 22.8. The molecule has 2 fully saturated rings. The number of piperidine rings is 1. The summed E-state index contributed by atoms with van der Waals surface area (Å²) in [6, 6.07) is 1.63. The van der Waals surface area contributed by atoms with Crippen molar-refractivity contribution in [3.05, 3.63) is 23.3 Å². The Labute approximate surface area is 140 Å². The number of carbonyl (C=O) groups excluding carboxylic acids is 1. The number of ether oxygens (including phenoxy) is 1. The molecule has 1 atom stereocenters. The SMILES string of the molecule is CCOC(=O)c1cc(CN2CCC(F)(F)[C@H](C)C2)nc(C2CC2)n1. The highest BCUT2D eigenvalue weighted by atomic mass is 19.3. The second-order valence-corrected chi connectivity index (χ2v) is 6.74. The van der Waals surface area contributed by atoms with E-state index in [0.29, 0.717) is 37.1 Å². The number of likely N-dealkylation sites (tertiary alicyclic amines) is 1. The third-order valence-electron chi connectivity index (χ3n) is 4.62. The first-order valence-corrected chi connectivity index (χ1v) is 8.54. The van der Waals surface area contributed by atoms with Gasteiger partial charge in [-0.3, -0.25) is 4.90 Å². The molecule has 2 aliphatic rings. The molecule has 5 nitrogen and oxygen atoms in total. The first-order chi connectivity index (χ1) is 11.4. The van der Waals surface area contributed by atoms with E-state index in [1.54, 1.807) is 19.9 Å². The standard InChI is InChI=1S/C17H23F2N3O2/c1-3-24-16(23)14-8-13(20-15(21-14)12-4-5-12)10-22-7-6-17(18,19)11(2)9-22/h8,11-12H,3-7,9-10H2,1-2H3/t11-/m1/s1. The fourth-order valence-corrected chi connectivity index (χ4v) is 2.97. The maximum Gasteiger partial charge on any atom is 0.357 e. The molecule has 7 heteroatoms. The molecule has 1 saturated carbocycles. The summed E-state index contributed by atoms with van der Waals surface area (Å²) in [6.45, 7) is 4.72. The van der Waals surface area contributed by atoms with Gasteiger partial charge >= 0.3 is 5.97 Å². The molecule has 1 aliphatic heterocycles. The number of rotatable bonds is 5. The van der Waals surface area contributed by atoms with Gasteiger partial charge in [-0.2, -0.15) is 0 Å². The Kier molecular flexibility index (Phi) is 4.80. The molecule has 0 amide bonds. The van der Waals surface area contributed by atoms with Gasteiger partial charge in [0.15, 0.2) is 5.69 Å². The highest BCUT2D eigenvalue weighted by Gasteiger charge is 2.41. The van der Waals surface area contributed by atoms with E-state index in [1.165, 1.54) is 0 Å². The molecular weight excluding hydrogens is 316 g/mol. The Balaban J connectivity index is 1.76. The molecule has 0 spiro atoms. The van der Waals surface area contributed by atoms with E-state index in [4.69, 9.17) is 4.74 Å². The van der Waals surface area contributed by atoms with E-state index in [-0.39, 0.29) is 18.7 Å². The van der Waals surface area contributed by atoms with Crippen LogP contribution in [0.4, 0.5) is 8.78 Å². The van der Waals surface area contributed by atoms with Gasteiger partial charge in [-0.15, -0.1) is 0 Å². The quantitative estimate of drug-likeness (QED) is 0.772. The number of hydrogen-bond donors (Lipinski definition) is 0. The number of nitrogens with zero attached hydrogens (tertiary/aromatic N) is 3. The number of alkyl halides is 2. The molecule has 1 aliphatic carbocycles. The molecule has 0 unspecified atom stereocenters. The minimum absolute atomic E-state index is 0.139. The van der Waals surface area contributed by atoms with Gasteiger partial charge in [0.2, 0.25) is 0 Å². The highest BCUT2D eigenvalue weighted by molar-refractivity contribution is 5.87. The van der Waals surface area contributed by atoms with Gasteiger partial charge in [-0.05, 0) is 25.8 Å². The molecule has 24 heavy (non-hydrogen) atoms. The molecule has 1 aromatic rings. The Morgan fingerprint density at radius 1 is 1.42 bits per heavy atom. The van der Waals surface area contributed by atoms with Crippen LogP contribution in [0.1, 0.15) is 61.0 Å². The van der Waals surface area contributed by atoms with Crippen LogP contribution in [0.5, 0.6) is 0 Å². The van der Waals surface area contributed by atoms with Crippen LogP contribution in [0, 0.1) is 5.92 Å². The molecule has 0 aromatic carbocycles. The molecule has 0 N–H and O–H groups in total. The zero-order valence-corrected chi connectivity index (χ0v) is 14.1. The Hall–Kier alpha value is -1.63.